The van der Waals surface area contributed by atoms with E-state index < -0.39 is 0 Å². The summed E-state index contributed by atoms with van der Waals surface area (Å²) in [4.78, 5) is 4.63. The van der Waals surface area contributed by atoms with E-state index in [0.29, 0.717) is 11.8 Å². The van der Waals surface area contributed by atoms with Crippen LogP contribution in [-0.4, -0.2) is 10.7 Å². The second-order valence-corrected chi connectivity index (χ2v) is 8.18. The zero-order chi connectivity index (χ0) is 16.0. The molecule has 1 saturated carbocycles. The molecule has 2 heteroatoms. The molecule has 1 aromatic carbocycles. The van der Waals surface area contributed by atoms with Crippen LogP contribution in [0.2, 0.25) is 0 Å². The molecule has 0 amide bonds. The lowest BCUT2D eigenvalue weighted by Crippen LogP contribution is -2.51. The van der Waals surface area contributed by atoms with Gasteiger partial charge in [-0.1, -0.05) is 45.4 Å². The standard InChI is InChI=1S/C20H27NS/c1-14(2)15-6-8-17-16(12-15)7-9-18-19(17,3)10-5-11-20(18,4)21-13-22/h6,8,12,14,18H,5,7,9-11H2,1-4H3/t18?,19-,20?/m0/s1. The summed E-state index contributed by atoms with van der Waals surface area (Å²) in [7, 11) is 0. The van der Waals surface area contributed by atoms with Crippen molar-refractivity contribution in [2.24, 2.45) is 10.9 Å². The van der Waals surface area contributed by atoms with Gasteiger partial charge in [0, 0.05) is 0 Å². The summed E-state index contributed by atoms with van der Waals surface area (Å²) in [6.07, 6.45) is 6.06. The normalized spacial score (nSPS) is 33.8. The van der Waals surface area contributed by atoms with Crippen molar-refractivity contribution in [3.05, 3.63) is 34.9 Å². The Morgan fingerprint density at radius 2 is 2.05 bits per heavy atom. The average molecular weight is 314 g/mol. The first-order valence-corrected chi connectivity index (χ1v) is 9.04. The van der Waals surface area contributed by atoms with E-state index in [-0.39, 0.29) is 11.0 Å². The number of thiocarbonyl (C=S) groups is 1. The van der Waals surface area contributed by atoms with E-state index in [1.807, 2.05) is 0 Å². The fourth-order valence-electron chi connectivity index (χ4n) is 5.07. The molecule has 0 bridgehead atoms. The summed E-state index contributed by atoms with van der Waals surface area (Å²) in [6.45, 7) is 9.31. The van der Waals surface area contributed by atoms with Crippen molar-refractivity contribution in [3.8, 4) is 0 Å². The highest BCUT2D eigenvalue weighted by Crippen LogP contribution is 2.55. The highest BCUT2D eigenvalue weighted by molar-refractivity contribution is 7.78. The van der Waals surface area contributed by atoms with Crippen LogP contribution >= 0.6 is 12.2 Å². The summed E-state index contributed by atoms with van der Waals surface area (Å²) in [5.41, 5.74) is 4.82. The maximum Gasteiger partial charge on any atom is 0.0719 e. The number of benzene rings is 1. The minimum Gasteiger partial charge on any atom is -0.226 e. The Kier molecular flexibility index (Phi) is 4.03. The number of hydrogen-bond acceptors (Lipinski definition) is 2. The van der Waals surface area contributed by atoms with Crippen LogP contribution in [0.25, 0.3) is 0 Å². The lowest BCUT2D eigenvalue weighted by Gasteiger charge is -2.53. The SMILES string of the molecule is CC(C)c1ccc2c(c1)CCC1C(C)(N=C=S)CCC[C@@]21C. The van der Waals surface area contributed by atoms with Gasteiger partial charge in [0.1, 0.15) is 0 Å². The molecule has 2 aliphatic carbocycles. The topological polar surface area (TPSA) is 12.4 Å². The van der Waals surface area contributed by atoms with Gasteiger partial charge in [0.2, 0.25) is 0 Å². The Morgan fingerprint density at radius 1 is 1.27 bits per heavy atom. The van der Waals surface area contributed by atoms with Crippen molar-refractivity contribution in [3.63, 3.8) is 0 Å². The molecule has 3 rings (SSSR count). The van der Waals surface area contributed by atoms with E-state index in [9.17, 15) is 0 Å². The molecule has 3 atom stereocenters. The molecule has 0 aliphatic heterocycles. The largest absolute Gasteiger partial charge is 0.226 e. The third kappa shape index (κ3) is 2.37. The van der Waals surface area contributed by atoms with Gasteiger partial charge in [-0.3, -0.25) is 0 Å². The van der Waals surface area contributed by atoms with E-state index in [0.717, 1.165) is 6.42 Å². The number of hydrogen-bond donors (Lipinski definition) is 0. The third-order valence-corrected chi connectivity index (χ3v) is 6.40. The number of rotatable bonds is 2. The molecule has 22 heavy (non-hydrogen) atoms. The molecule has 0 heterocycles. The average Bonchev–Trinajstić information content (AvgIpc) is 2.46. The number of aryl methyl sites for hydroxylation is 1. The van der Waals surface area contributed by atoms with Crippen LogP contribution in [0, 0.1) is 5.92 Å². The highest BCUT2D eigenvalue weighted by Gasteiger charge is 2.51. The van der Waals surface area contributed by atoms with Gasteiger partial charge in [-0.15, -0.1) is 0 Å². The summed E-state index contributed by atoms with van der Waals surface area (Å²) >= 11 is 4.94. The first-order valence-electron chi connectivity index (χ1n) is 8.63. The smallest absolute Gasteiger partial charge is 0.0719 e. The molecular formula is C20H27NS. The van der Waals surface area contributed by atoms with E-state index >= 15 is 0 Å². The van der Waals surface area contributed by atoms with Gasteiger partial charge < -0.3 is 0 Å². The molecule has 0 N–H and O–H groups in total. The number of fused-ring (bicyclic) bond motifs is 3. The fourth-order valence-corrected chi connectivity index (χ4v) is 5.28. The molecular weight excluding hydrogens is 286 g/mol. The van der Waals surface area contributed by atoms with Gasteiger partial charge >= 0.3 is 0 Å². The van der Waals surface area contributed by atoms with Crippen LogP contribution in [0.3, 0.4) is 0 Å². The maximum absolute atomic E-state index is 4.94. The minimum atomic E-state index is -0.0246. The number of isothiocyanates is 1. The molecule has 1 fully saturated rings. The summed E-state index contributed by atoms with van der Waals surface area (Å²) in [5, 5.41) is 2.68. The molecule has 1 aromatic rings. The maximum atomic E-state index is 4.94. The van der Waals surface area contributed by atoms with Crippen molar-refractivity contribution in [1.29, 1.82) is 0 Å². The second kappa shape index (κ2) is 5.58. The monoisotopic (exact) mass is 313 g/mol. The Hall–Kier alpha value is -0.980. The quantitative estimate of drug-likeness (QED) is 0.506. The molecule has 0 aromatic heterocycles. The number of aliphatic imine (C=N–C) groups is 1. The highest BCUT2D eigenvalue weighted by atomic mass is 32.1. The van der Waals surface area contributed by atoms with Gasteiger partial charge in [0.05, 0.1) is 10.7 Å². The van der Waals surface area contributed by atoms with E-state index in [1.165, 1.54) is 31.2 Å². The van der Waals surface area contributed by atoms with Crippen molar-refractivity contribution in [1.82, 2.24) is 0 Å². The fraction of sp³-hybridized carbons (Fsp3) is 0.650. The van der Waals surface area contributed by atoms with Gasteiger partial charge in [-0.05, 0) is 78.8 Å². The molecule has 2 unspecified atom stereocenters. The first kappa shape index (κ1) is 15.9. The summed E-state index contributed by atoms with van der Waals surface area (Å²) in [6, 6.07) is 7.20. The molecule has 118 valence electrons. The van der Waals surface area contributed by atoms with Crippen LogP contribution < -0.4 is 0 Å². The number of nitrogens with zero attached hydrogens (tertiary/aromatic N) is 1. The van der Waals surface area contributed by atoms with Gasteiger partial charge in [-0.25, -0.2) is 4.99 Å². The Balaban J connectivity index is 2.07. The molecule has 0 saturated heterocycles. The Bertz CT molecular complexity index is 629. The summed E-state index contributed by atoms with van der Waals surface area (Å²) in [5.74, 6) is 1.19. The first-order chi connectivity index (χ1) is 10.4. The van der Waals surface area contributed by atoms with E-state index in [2.05, 4.69) is 56.0 Å². The lowest BCUT2D eigenvalue weighted by atomic mass is 9.52. The predicted octanol–water partition coefficient (Wildman–Crippen LogP) is 5.68. The Morgan fingerprint density at radius 3 is 2.73 bits per heavy atom. The third-order valence-electron chi connectivity index (χ3n) is 6.31. The van der Waals surface area contributed by atoms with Gasteiger partial charge in [0.15, 0.2) is 0 Å². The predicted molar refractivity (Wildman–Crippen MR) is 97.0 cm³/mol. The van der Waals surface area contributed by atoms with Gasteiger partial charge in [0.25, 0.3) is 0 Å². The van der Waals surface area contributed by atoms with Crippen molar-refractivity contribution in [2.45, 2.75) is 76.7 Å². The molecule has 2 aliphatic rings. The van der Waals surface area contributed by atoms with Crippen LogP contribution in [0.1, 0.15) is 76.0 Å². The van der Waals surface area contributed by atoms with Crippen molar-refractivity contribution in [2.75, 3.05) is 0 Å². The van der Waals surface area contributed by atoms with Crippen LogP contribution in [0.15, 0.2) is 23.2 Å². The van der Waals surface area contributed by atoms with Crippen LogP contribution in [0.5, 0.6) is 0 Å². The summed E-state index contributed by atoms with van der Waals surface area (Å²) < 4.78 is 0. The molecule has 1 nitrogen and oxygen atoms in total. The molecule has 0 radical (unpaired) electrons. The second-order valence-electron chi connectivity index (χ2n) is 7.99. The van der Waals surface area contributed by atoms with E-state index in [4.69, 9.17) is 12.2 Å². The Labute approximate surface area is 140 Å². The van der Waals surface area contributed by atoms with Gasteiger partial charge in [-0.2, -0.15) is 0 Å². The lowest BCUT2D eigenvalue weighted by molar-refractivity contribution is 0.0930. The van der Waals surface area contributed by atoms with Crippen molar-refractivity contribution >= 4 is 17.4 Å². The zero-order valence-corrected chi connectivity index (χ0v) is 15.1. The zero-order valence-electron chi connectivity index (χ0n) is 14.3. The van der Waals surface area contributed by atoms with Crippen molar-refractivity contribution < 1.29 is 0 Å². The molecule has 0 spiro atoms. The van der Waals surface area contributed by atoms with E-state index in [1.54, 1.807) is 11.1 Å². The van der Waals surface area contributed by atoms with Crippen LogP contribution in [0.4, 0.5) is 0 Å². The van der Waals surface area contributed by atoms with Crippen LogP contribution in [-0.2, 0) is 11.8 Å². The minimum absolute atomic E-state index is 0.0246.